The number of aliphatic carboxylic acids is 2. The molecule has 0 unspecified atom stereocenters. The molecule has 6 heteroatoms. The van der Waals surface area contributed by atoms with Crippen molar-refractivity contribution in [3.8, 4) is 0 Å². The number of nitrogens with two attached hydrogens (primary N) is 1. The molecule has 4 N–H and O–H groups in total. The van der Waals surface area contributed by atoms with Crippen molar-refractivity contribution in [2.45, 2.75) is 18.9 Å². The highest BCUT2D eigenvalue weighted by Gasteiger charge is 2.13. The summed E-state index contributed by atoms with van der Waals surface area (Å²) in [6, 6.07) is 5.07. The Bertz CT molecular complexity index is 466. The molecule has 0 saturated heterocycles. The van der Waals surface area contributed by atoms with Gasteiger partial charge in [-0.3, -0.25) is 14.4 Å². The van der Waals surface area contributed by atoms with Gasteiger partial charge >= 0.3 is 11.9 Å². The van der Waals surface area contributed by atoms with E-state index in [2.05, 4.69) is 0 Å². The highest BCUT2D eigenvalue weighted by molar-refractivity contribution is 6.05. The quantitative estimate of drug-likeness (QED) is 0.494. The summed E-state index contributed by atoms with van der Waals surface area (Å²) in [5.74, 6) is -2.77. The minimum absolute atomic E-state index is 0.155. The number of rotatable bonds is 6. The SMILES string of the molecule is N[C@@H](Cc1ccc(C(=O)CC(=O)O)cc1)C(=O)O. The summed E-state index contributed by atoms with van der Waals surface area (Å²) in [5.41, 5.74) is 6.33. The number of carbonyl (C=O) groups excluding carboxylic acids is 1. The summed E-state index contributed by atoms with van der Waals surface area (Å²) in [7, 11) is 0. The fourth-order valence-electron chi connectivity index (χ4n) is 1.41. The van der Waals surface area contributed by atoms with E-state index in [1.807, 2.05) is 0 Å². The number of ketones is 1. The summed E-state index contributed by atoms with van der Waals surface area (Å²) in [5, 5.41) is 17.1. The van der Waals surface area contributed by atoms with Crippen LogP contribution in [0.15, 0.2) is 24.3 Å². The highest BCUT2D eigenvalue weighted by atomic mass is 16.4. The van der Waals surface area contributed by atoms with Crippen LogP contribution in [0, 0.1) is 0 Å². The van der Waals surface area contributed by atoms with Crippen LogP contribution < -0.4 is 5.73 Å². The number of carboxylic acid groups (broad SMARTS) is 2. The molecule has 0 aliphatic carbocycles. The molecule has 6 nitrogen and oxygen atoms in total. The Labute approximate surface area is 103 Å². The molecule has 0 aliphatic rings. The van der Waals surface area contributed by atoms with Crippen molar-refractivity contribution in [1.29, 1.82) is 0 Å². The lowest BCUT2D eigenvalue weighted by Gasteiger charge is -2.06. The van der Waals surface area contributed by atoms with Crippen LogP contribution >= 0.6 is 0 Å². The van der Waals surface area contributed by atoms with E-state index in [1.54, 1.807) is 12.1 Å². The van der Waals surface area contributed by atoms with E-state index in [0.717, 1.165) is 0 Å². The largest absolute Gasteiger partial charge is 0.481 e. The van der Waals surface area contributed by atoms with Gasteiger partial charge in [0.2, 0.25) is 0 Å². The fourth-order valence-corrected chi connectivity index (χ4v) is 1.41. The van der Waals surface area contributed by atoms with Crippen LogP contribution in [0.5, 0.6) is 0 Å². The van der Waals surface area contributed by atoms with E-state index in [1.165, 1.54) is 12.1 Å². The number of carbonyl (C=O) groups is 3. The molecule has 0 radical (unpaired) electrons. The molecule has 1 rings (SSSR count). The first-order chi connectivity index (χ1) is 8.40. The third-order valence-electron chi connectivity index (χ3n) is 2.36. The molecule has 0 aromatic heterocycles. The zero-order valence-electron chi connectivity index (χ0n) is 9.50. The molecular formula is C12H13NO5. The summed E-state index contributed by atoms with van der Waals surface area (Å²) in [6.45, 7) is 0. The second-order valence-electron chi connectivity index (χ2n) is 3.84. The van der Waals surface area contributed by atoms with Crippen molar-refractivity contribution in [3.63, 3.8) is 0 Å². The predicted molar refractivity (Wildman–Crippen MR) is 62.3 cm³/mol. The first kappa shape index (κ1) is 13.9. The molecule has 0 spiro atoms. The zero-order valence-corrected chi connectivity index (χ0v) is 9.50. The highest BCUT2D eigenvalue weighted by Crippen LogP contribution is 2.08. The third kappa shape index (κ3) is 3.99. The van der Waals surface area contributed by atoms with Crippen LogP contribution in [0.3, 0.4) is 0 Å². The summed E-state index contributed by atoms with van der Waals surface area (Å²) in [4.78, 5) is 32.3. The van der Waals surface area contributed by atoms with Gasteiger partial charge in [-0.2, -0.15) is 0 Å². The van der Waals surface area contributed by atoms with Crippen LogP contribution in [0.25, 0.3) is 0 Å². The molecule has 1 atom stereocenters. The van der Waals surface area contributed by atoms with Crippen LogP contribution in [0.4, 0.5) is 0 Å². The molecule has 96 valence electrons. The maximum atomic E-state index is 11.4. The van der Waals surface area contributed by atoms with Gasteiger partial charge < -0.3 is 15.9 Å². The number of Topliss-reactive ketones (excluding diaryl/α,β-unsaturated/α-hetero) is 1. The Morgan fingerprint density at radius 1 is 1.11 bits per heavy atom. The Balaban J connectivity index is 2.71. The summed E-state index contributed by atoms with van der Waals surface area (Å²) in [6.07, 6.45) is -0.406. The van der Waals surface area contributed by atoms with Gasteiger partial charge in [0, 0.05) is 5.56 Å². The fraction of sp³-hybridized carbons (Fsp3) is 0.250. The molecule has 18 heavy (non-hydrogen) atoms. The lowest BCUT2D eigenvalue weighted by atomic mass is 10.0. The van der Waals surface area contributed by atoms with E-state index in [9.17, 15) is 14.4 Å². The van der Waals surface area contributed by atoms with Crippen molar-refractivity contribution in [3.05, 3.63) is 35.4 Å². The number of benzene rings is 1. The molecule has 0 bridgehead atoms. The Kier molecular flexibility index (Phi) is 4.56. The number of hydrogen-bond acceptors (Lipinski definition) is 4. The van der Waals surface area contributed by atoms with E-state index in [4.69, 9.17) is 15.9 Å². The van der Waals surface area contributed by atoms with E-state index < -0.39 is 30.2 Å². The average Bonchev–Trinajstić information content (AvgIpc) is 2.28. The van der Waals surface area contributed by atoms with Crippen molar-refractivity contribution in [1.82, 2.24) is 0 Å². The van der Waals surface area contributed by atoms with Crippen molar-refractivity contribution in [2.24, 2.45) is 5.73 Å². The van der Waals surface area contributed by atoms with E-state index >= 15 is 0 Å². The van der Waals surface area contributed by atoms with Crippen molar-refractivity contribution in [2.75, 3.05) is 0 Å². The minimum atomic E-state index is -1.18. The van der Waals surface area contributed by atoms with Gasteiger partial charge in [-0.15, -0.1) is 0 Å². The monoisotopic (exact) mass is 251 g/mol. The maximum Gasteiger partial charge on any atom is 0.320 e. The summed E-state index contributed by atoms with van der Waals surface area (Å²) >= 11 is 0. The molecule has 0 aliphatic heterocycles. The van der Waals surface area contributed by atoms with Gasteiger partial charge in [0.15, 0.2) is 5.78 Å². The van der Waals surface area contributed by atoms with Gasteiger partial charge in [-0.05, 0) is 12.0 Å². The lowest BCUT2D eigenvalue weighted by Crippen LogP contribution is -2.32. The van der Waals surface area contributed by atoms with E-state index in [-0.39, 0.29) is 12.0 Å². The van der Waals surface area contributed by atoms with Crippen molar-refractivity contribution < 1.29 is 24.6 Å². The molecule has 0 heterocycles. The number of hydrogen-bond donors (Lipinski definition) is 3. The van der Waals surface area contributed by atoms with Gasteiger partial charge in [-0.1, -0.05) is 24.3 Å². The van der Waals surface area contributed by atoms with Gasteiger partial charge in [0.05, 0.1) is 0 Å². The smallest absolute Gasteiger partial charge is 0.320 e. The van der Waals surface area contributed by atoms with E-state index in [0.29, 0.717) is 5.56 Å². The average molecular weight is 251 g/mol. The molecule has 0 saturated carbocycles. The number of carboxylic acids is 2. The normalized spacial score (nSPS) is 11.8. The van der Waals surface area contributed by atoms with Crippen LogP contribution in [0.1, 0.15) is 22.3 Å². The Morgan fingerprint density at radius 2 is 1.67 bits per heavy atom. The predicted octanol–water partition coefficient (Wildman–Crippen LogP) is 0.298. The first-order valence-electron chi connectivity index (χ1n) is 5.22. The second kappa shape index (κ2) is 5.92. The Morgan fingerprint density at radius 3 is 2.11 bits per heavy atom. The maximum absolute atomic E-state index is 11.4. The minimum Gasteiger partial charge on any atom is -0.481 e. The van der Waals surface area contributed by atoms with Crippen LogP contribution in [-0.4, -0.2) is 34.0 Å². The topological polar surface area (TPSA) is 118 Å². The molecular weight excluding hydrogens is 238 g/mol. The summed E-state index contributed by atoms with van der Waals surface area (Å²) < 4.78 is 0. The van der Waals surface area contributed by atoms with Crippen molar-refractivity contribution >= 4 is 17.7 Å². The van der Waals surface area contributed by atoms with Crippen LogP contribution in [0.2, 0.25) is 0 Å². The first-order valence-corrected chi connectivity index (χ1v) is 5.22. The standard InChI is InChI=1S/C12H13NO5/c13-9(12(17)18)5-7-1-3-8(4-2-7)10(14)6-11(15)16/h1-4,9H,5-6,13H2,(H,15,16)(H,17,18)/t9-/m0/s1. The molecule has 0 amide bonds. The lowest BCUT2D eigenvalue weighted by molar-refractivity contribution is -0.138. The Hall–Kier alpha value is -2.21. The van der Waals surface area contributed by atoms with Gasteiger partial charge in [0.1, 0.15) is 12.5 Å². The van der Waals surface area contributed by atoms with Gasteiger partial charge in [0.25, 0.3) is 0 Å². The molecule has 0 fully saturated rings. The second-order valence-corrected chi connectivity index (χ2v) is 3.84. The molecule has 1 aromatic carbocycles. The third-order valence-corrected chi connectivity index (χ3v) is 2.36. The van der Waals surface area contributed by atoms with Crippen LogP contribution in [-0.2, 0) is 16.0 Å². The van der Waals surface area contributed by atoms with Gasteiger partial charge in [-0.25, -0.2) is 0 Å². The zero-order chi connectivity index (χ0) is 13.7. The molecule has 1 aromatic rings.